The first-order valence-corrected chi connectivity index (χ1v) is 10.3. The molecule has 1 saturated heterocycles. The van der Waals surface area contributed by atoms with E-state index in [2.05, 4.69) is 36.9 Å². The van der Waals surface area contributed by atoms with Gasteiger partial charge in [-0.2, -0.15) is 5.10 Å². The van der Waals surface area contributed by atoms with Crippen LogP contribution in [0.25, 0.3) is 22.4 Å². The summed E-state index contributed by atoms with van der Waals surface area (Å²) in [6, 6.07) is 10.4. The van der Waals surface area contributed by atoms with Crippen molar-refractivity contribution in [1.82, 2.24) is 25.0 Å². The van der Waals surface area contributed by atoms with E-state index in [9.17, 15) is 4.39 Å². The van der Waals surface area contributed by atoms with Gasteiger partial charge in [0.15, 0.2) is 0 Å². The van der Waals surface area contributed by atoms with Crippen LogP contribution in [0.1, 0.15) is 6.42 Å². The van der Waals surface area contributed by atoms with Gasteiger partial charge in [-0.25, -0.2) is 9.37 Å². The summed E-state index contributed by atoms with van der Waals surface area (Å²) in [4.78, 5) is 9.20. The van der Waals surface area contributed by atoms with Crippen molar-refractivity contribution >= 4 is 5.82 Å². The van der Waals surface area contributed by atoms with Gasteiger partial charge in [0.1, 0.15) is 11.6 Å². The minimum absolute atomic E-state index is 0.252. The van der Waals surface area contributed by atoms with Gasteiger partial charge in [-0.1, -0.05) is 6.58 Å². The Morgan fingerprint density at radius 3 is 2.67 bits per heavy atom. The summed E-state index contributed by atoms with van der Waals surface area (Å²) in [6.45, 7) is 10.1. The van der Waals surface area contributed by atoms with E-state index < -0.39 is 0 Å². The lowest BCUT2D eigenvalue weighted by Gasteiger charge is -2.33. The lowest BCUT2D eigenvalue weighted by molar-refractivity contribution is 0.168. The van der Waals surface area contributed by atoms with Crippen molar-refractivity contribution in [3.63, 3.8) is 0 Å². The van der Waals surface area contributed by atoms with E-state index in [4.69, 9.17) is 0 Å². The standard InChI is InChI=1S/C23H27FN6/c1-2-29-12-14-30(15-13-29)11-3-9-25-22-16-19(8-10-26-22)21-17-27-28-23(21)18-4-6-20(24)7-5-18/h2,4-8,10,16-17H,1,3,9,11-15H2,(H,25,26)(H,27,28). The van der Waals surface area contributed by atoms with Crippen LogP contribution >= 0.6 is 0 Å². The normalized spacial score (nSPS) is 14.6. The van der Waals surface area contributed by atoms with E-state index >= 15 is 0 Å². The molecule has 2 N–H and O–H groups in total. The van der Waals surface area contributed by atoms with Crippen molar-refractivity contribution in [2.45, 2.75) is 6.42 Å². The summed E-state index contributed by atoms with van der Waals surface area (Å²) in [5, 5.41) is 10.6. The molecular formula is C23H27FN6. The molecule has 0 aliphatic carbocycles. The average molecular weight is 407 g/mol. The summed E-state index contributed by atoms with van der Waals surface area (Å²) in [7, 11) is 0. The van der Waals surface area contributed by atoms with Gasteiger partial charge in [-0.3, -0.25) is 10.00 Å². The topological polar surface area (TPSA) is 60.1 Å². The summed E-state index contributed by atoms with van der Waals surface area (Å²) in [5.74, 6) is 0.591. The van der Waals surface area contributed by atoms with E-state index in [-0.39, 0.29) is 5.82 Å². The fourth-order valence-corrected chi connectivity index (χ4v) is 3.73. The molecule has 0 saturated carbocycles. The molecule has 2 aromatic heterocycles. The van der Waals surface area contributed by atoms with Crippen LogP contribution in [0.5, 0.6) is 0 Å². The number of nitrogens with zero attached hydrogens (tertiary/aromatic N) is 4. The van der Waals surface area contributed by atoms with Crippen LogP contribution in [-0.4, -0.2) is 64.2 Å². The fraction of sp³-hybridized carbons (Fsp3) is 0.304. The maximum Gasteiger partial charge on any atom is 0.126 e. The molecule has 156 valence electrons. The second-order valence-corrected chi connectivity index (χ2v) is 7.44. The number of halogens is 1. The molecule has 0 atom stereocenters. The van der Waals surface area contributed by atoms with Crippen molar-refractivity contribution in [3.8, 4) is 22.4 Å². The molecule has 1 aliphatic rings. The highest BCUT2D eigenvalue weighted by Gasteiger charge is 2.14. The molecule has 3 aromatic rings. The van der Waals surface area contributed by atoms with E-state index in [0.29, 0.717) is 0 Å². The first-order chi connectivity index (χ1) is 14.7. The van der Waals surface area contributed by atoms with E-state index in [1.54, 1.807) is 24.5 Å². The predicted molar refractivity (Wildman–Crippen MR) is 119 cm³/mol. The molecule has 0 unspecified atom stereocenters. The third-order valence-corrected chi connectivity index (χ3v) is 5.47. The van der Waals surface area contributed by atoms with Gasteiger partial charge in [0.05, 0.1) is 11.9 Å². The maximum atomic E-state index is 13.3. The van der Waals surface area contributed by atoms with Crippen LogP contribution in [-0.2, 0) is 0 Å². The minimum Gasteiger partial charge on any atom is -0.375 e. The molecule has 1 fully saturated rings. The molecule has 7 heteroatoms. The predicted octanol–water partition coefficient (Wildman–Crippen LogP) is 3.84. The Bertz CT molecular complexity index is 960. The number of anilines is 1. The van der Waals surface area contributed by atoms with Gasteiger partial charge in [0.25, 0.3) is 0 Å². The molecule has 1 aliphatic heterocycles. The molecule has 1 aromatic carbocycles. The Labute approximate surface area is 176 Å². The van der Waals surface area contributed by atoms with E-state index in [1.165, 1.54) is 12.1 Å². The highest BCUT2D eigenvalue weighted by Crippen LogP contribution is 2.30. The molecule has 6 nitrogen and oxygen atoms in total. The second-order valence-electron chi connectivity index (χ2n) is 7.44. The maximum absolute atomic E-state index is 13.3. The molecule has 3 heterocycles. The van der Waals surface area contributed by atoms with Gasteiger partial charge in [-0.05, 0) is 61.1 Å². The molecule has 0 spiro atoms. The lowest BCUT2D eigenvalue weighted by Crippen LogP contribution is -2.44. The van der Waals surface area contributed by atoms with Crippen LogP contribution in [0.15, 0.2) is 61.6 Å². The third-order valence-electron chi connectivity index (χ3n) is 5.47. The van der Waals surface area contributed by atoms with E-state index in [0.717, 1.165) is 73.9 Å². The third kappa shape index (κ3) is 4.86. The zero-order valence-corrected chi connectivity index (χ0v) is 17.0. The SMILES string of the molecule is C=CN1CCN(CCCNc2cc(-c3cn[nH]c3-c3ccc(F)cc3)ccn2)CC1. The number of benzene rings is 1. The number of piperazine rings is 1. The number of aromatic nitrogens is 3. The minimum atomic E-state index is -0.252. The summed E-state index contributed by atoms with van der Waals surface area (Å²) in [5.41, 5.74) is 3.74. The number of rotatable bonds is 8. The molecule has 30 heavy (non-hydrogen) atoms. The smallest absolute Gasteiger partial charge is 0.126 e. The number of pyridine rings is 1. The quantitative estimate of drug-likeness (QED) is 0.557. The van der Waals surface area contributed by atoms with Crippen LogP contribution < -0.4 is 5.32 Å². The second kappa shape index (κ2) is 9.54. The number of H-pyrrole nitrogens is 1. The van der Waals surface area contributed by atoms with Gasteiger partial charge >= 0.3 is 0 Å². The molecular weight excluding hydrogens is 379 g/mol. The lowest BCUT2D eigenvalue weighted by atomic mass is 10.0. The first-order valence-electron chi connectivity index (χ1n) is 10.3. The van der Waals surface area contributed by atoms with Gasteiger partial charge in [-0.15, -0.1) is 0 Å². The number of hydrogen-bond acceptors (Lipinski definition) is 5. The molecule has 4 rings (SSSR count). The summed E-state index contributed by atoms with van der Waals surface area (Å²) >= 11 is 0. The average Bonchev–Trinajstić information content (AvgIpc) is 3.28. The van der Waals surface area contributed by atoms with Gasteiger partial charge in [0, 0.05) is 50.0 Å². The van der Waals surface area contributed by atoms with Crippen LogP contribution in [0.4, 0.5) is 10.2 Å². The van der Waals surface area contributed by atoms with Crippen molar-refractivity contribution in [1.29, 1.82) is 0 Å². The van der Waals surface area contributed by atoms with Crippen molar-refractivity contribution in [3.05, 3.63) is 67.4 Å². The largest absolute Gasteiger partial charge is 0.375 e. The Morgan fingerprint density at radius 1 is 1.10 bits per heavy atom. The molecule has 0 radical (unpaired) electrons. The fourth-order valence-electron chi connectivity index (χ4n) is 3.73. The summed E-state index contributed by atoms with van der Waals surface area (Å²) < 4.78 is 13.3. The Kier molecular flexibility index (Phi) is 6.39. The Morgan fingerprint density at radius 2 is 1.90 bits per heavy atom. The monoisotopic (exact) mass is 406 g/mol. The van der Waals surface area contributed by atoms with E-state index in [1.807, 2.05) is 18.3 Å². The van der Waals surface area contributed by atoms with Crippen molar-refractivity contribution in [2.24, 2.45) is 0 Å². The number of aromatic amines is 1. The number of nitrogens with one attached hydrogen (secondary N) is 2. The number of hydrogen-bond donors (Lipinski definition) is 2. The van der Waals surface area contributed by atoms with Gasteiger partial charge in [0.2, 0.25) is 0 Å². The highest BCUT2D eigenvalue weighted by atomic mass is 19.1. The van der Waals surface area contributed by atoms with Crippen molar-refractivity contribution in [2.75, 3.05) is 44.6 Å². The zero-order valence-electron chi connectivity index (χ0n) is 17.0. The molecule has 0 amide bonds. The molecule has 0 bridgehead atoms. The highest BCUT2D eigenvalue weighted by molar-refractivity contribution is 5.81. The van der Waals surface area contributed by atoms with Crippen molar-refractivity contribution < 1.29 is 4.39 Å². The Balaban J connectivity index is 1.34. The zero-order chi connectivity index (χ0) is 20.8. The van der Waals surface area contributed by atoms with Crippen LogP contribution in [0.2, 0.25) is 0 Å². The van der Waals surface area contributed by atoms with Crippen LogP contribution in [0, 0.1) is 5.82 Å². The van der Waals surface area contributed by atoms with Crippen LogP contribution in [0.3, 0.4) is 0 Å². The Hall–Kier alpha value is -3.19. The summed E-state index contributed by atoms with van der Waals surface area (Å²) in [6.07, 6.45) is 6.58. The van der Waals surface area contributed by atoms with Gasteiger partial charge < -0.3 is 10.2 Å². The first kappa shape index (κ1) is 20.1.